The quantitative estimate of drug-likeness (QED) is 0.591. The third kappa shape index (κ3) is 3.33. The summed E-state index contributed by atoms with van der Waals surface area (Å²) in [5.41, 5.74) is 7.96. The lowest BCUT2D eigenvalue weighted by atomic mass is 10.0. The standard InChI is InChI=1S/C14H21N3O3/c1-2-9(3-4-18)7-16-11-6-12-13(5-10(11)15)20-8-14(19)17-12/h5-6,9,16,18H,2-4,7-8,15H2,1H3,(H,17,19). The first kappa shape index (κ1) is 14.5. The molecular formula is C14H21N3O3. The molecule has 20 heavy (non-hydrogen) atoms. The number of hydrogen-bond acceptors (Lipinski definition) is 5. The van der Waals surface area contributed by atoms with Crippen LogP contribution in [0.15, 0.2) is 12.1 Å². The molecule has 0 saturated heterocycles. The van der Waals surface area contributed by atoms with Crippen LogP contribution in [0.3, 0.4) is 0 Å². The first-order valence-electron chi connectivity index (χ1n) is 6.85. The maximum absolute atomic E-state index is 11.3. The second kappa shape index (κ2) is 6.47. The van der Waals surface area contributed by atoms with Gasteiger partial charge in [0.05, 0.1) is 17.1 Å². The zero-order chi connectivity index (χ0) is 14.5. The molecule has 2 rings (SSSR count). The molecule has 1 amide bonds. The average molecular weight is 279 g/mol. The molecule has 1 aliphatic rings. The second-order valence-corrected chi connectivity index (χ2v) is 4.94. The fourth-order valence-electron chi connectivity index (χ4n) is 2.18. The average Bonchev–Trinajstić information content (AvgIpc) is 2.44. The van der Waals surface area contributed by atoms with E-state index >= 15 is 0 Å². The van der Waals surface area contributed by atoms with Crippen molar-refractivity contribution in [1.82, 2.24) is 0 Å². The Hall–Kier alpha value is -1.95. The monoisotopic (exact) mass is 279 g/mol. The Morgan fingerprint density at radius 3 is 3.05 bits per heavy atom. The number of nitrogens with one attached hydrogen (secondary N) is 2. The lowest BCUT2D eigenvalue weighted by molar-refractivity contribution is -0.118. The van der Waals surface area contributed by atoms with Gasteiger partial charge >= 0.3 is 0 Å². The van der Waals surface area contributed by atoms with Crippen molar-refractivity contribution in [2.24, 2.45) is 5.92 Å². The summed E-state index contributed by atoms with van der Waals surface area (Å²) in [4.78, 5) is 11.3. The normalized spacial score (nSPS) is 15.0. The molecular weight excluding hydrogens is 258 g/mol. The van der Waals surface area contributed by atoms with Crippen molar-refractivity contribution in [3.63, 3.8) is 0 Å². The molecule has 0 aromatic heterocycles. The molecule has 6 nitrogen and oxygen atoms in total. The van der Waals surface area contributed by atoms with Gasteiger partial charge < -0.3 is 26.2 Å². The summed E-state index contributed by atoms with van der Waals surface area (Å²) in [6.07, 6.45) is 1.74. The van der Waals surface area contributed by atoms with Gasteiger partial charge in [0, 0.05) is 19.2 Å². The van der Waals surface area contributed by atoms with Crippen LogP contribution in [0.1, 0.15) is 19.8 Å². The molecule has 0 radical (unpaired) electrons. The minimum atomic E-state index is -0.167. The predicted octanol–water partition coefficient (Wildman–Crippen LogP) is 1.42. The molecule has 1 unspecified atom stereocenters. The van der Waals surface area contributed by atoms with Gasteiger partial charge in [0.15, 0.2) is 6.61 Å². The third-order valence-corrected chi connectivity index (χ3v) is 3.48. The Labute approximate surface area is 118 Å². The minimum absolute atomic E-state index is 0.0215. The fourth-order valence-corrected chi connectivity index (χ4v) is 2.18. The van der Waals surface area contributed by atoms with Crippen LogP contribution in [0.4, 0.5) is 17.1 Å². The summed E-state index contributed by atoms with van der Waals surface area (Å²) in [6.45, 7) is 3.03. The SMILES string of the molecule is CCC(CCO)CNc1cc2c(cc1N)OCC(=O)N2. The number of amides is 1. The van der Waals surface area contributed by atoms with E-state index < -0.39 is 0 Å². The van der Waals surface area contributed by atoms with Crippen LogP contribution in [-0.2, 0) is 4.79 Å². The maximum atomic E-state index is 11.3. The lowest BCUT2D eigenvalue weighted by Crippen LogP contribution is -2.25. The molecule has 1 aromatic carbocycles. The van der Waals surface area contributed by atoms with Crippen LogP contribution in [0.5, 0.6) is 5.75 Å². The molecule has 1 aromatic rings. The van der Waals surface area contributed by atoms with Crippen molar-refractivity contribution in [2.75, 3.05) is 36.1 Å². The number of benzene rings is 1. The van der Waals surface area contributed by atoms with E-state index in [1.807, 2.05) is 0 Å². The number of rotatable bonds is 6. The smallest absolute Gasteiger partial charge is 0.262 e. The van der Waals surface area contributed by atoms with Crippen LogP contribution in [0.25, 0.3) is 0 Å². The Morgan fingerprint density at radius 2 is 2.35 bits per heavy atom. The van der Waals surface area contributed by atoms with E-state index in [-0.39, 0.29) is 19.1 Å². The number of anilines is 3. The highest BCUT2D eigenvalue weighted by molar-refractivity contribution is 5.97. The van der Waals surface area contributed by atoms with E-state index in [0.717, 1.165) is 25.1 Å². The van der Waals surface area contributed by atoms with Gasteiger partial charge in [-0.15, -0.1) is 0 Å². The van der Waals surface area contributed by atoms with Crippen molar-refractivity contribution in [1.29, 1.82) is 0 Å². The van der Waals surface area contributed by atoms with Crippen LogP contribution >= 0.6 is 0 Å². The Bertz CT molecular complexity index is 491. The van der Waals surface area contributed by atoms with E-state index in [1.165, 1.54) is 0 Å². The summed E-state index contributed by atoms with van der Waals surface area (Å²) < 4.78 is 5.30. The maximum Gasteiger partial charge on any atom is 0.262 e. The van der Waals surface area contributed by atoms with E-state index in [1.54, 1.807) is 12.1 Å². The number of carbonyl (C=O) groups excluding carboxylic acids is 1. The van der Waals surface area contributed by atoms with E-state index in [2.05, 4.69) is 17.6 Å². The Kier molecular flexibility index (Phi) is 4.68. The highest BCUT2D eigenvalue weighted by Gasteiger charge is 2.18. The first-order chi connectivity index (χ1) is 9.63. The first-order valence-corrected chi connectivity index (χ1v) is 6.85. The Morgan fingerprint density at radius 1 is 1.55 bits per heavy atom. The van der Waals surface area contributed by atoms with Crippen molar-refractivity contribution in [3.8, 4) is 5.75 Å². The van der Waals surface area contributed by atoms with Gasteiger partial charge in [0.2, 0.25) is 0 Å². The van der Waals surface area contributed by atoms with Gasteiger partial charge in [-0.05, 0) is 18.4 Å². The van der Waals surface area contributed by atoms with Crippen molar-refractivity contribution in [2.45, 2.75) is 19.8 Å². The molecule has 1 atom stereocenters. The second-order valence-electron chi connectivity index (χ2n) is 4.94. The molecule has 0 saturated carbocycles. The van der Waals surface area contributed by atoms with Crippen LogP contribution in [0.2, 0.25) is 0 Å². The summed E-state index contributed by atoms with van der Waals surface area (Å²) in [5, 5.41) is 15.0. The van der Waals surface area contributed by atoms with Gasteiger partial charge in [-0.2, -0.15) is 0 Å². The van der Waals surface area contributed by atoms with Crippen molar-refractivity contribution < 1.29 is 14.6 Å². The van der Waals surface area contributed by atoms with Gasteiger partial charge in [-0.25, -0.2) is 0 Å². The van der Waals surface area contributed by atoms with E-state index in [9.17, 15) is 4.79 Å². The van der Waals surface area contributed by atoms with Crippen molar-refractivity contribution in [3.05, 3.63) is 12.1 Å². The van der Waals surface area contributed by atoms with E-state index in [0.29, 0.717) is 23.0 Å². The number of ether oxygens (including phenoxy) is 1. The number of nitrogens with two attached hydrogens (primary N) is 1. The molecule has 1 aliphatic heterocycles. The molecule has 0 bridgehead atoms. The fraction of sp³-hybridized carbons (Fsp3) is 0.500. The van der Waals surface area contributed by atoms with Crippen molar-refractivity contribution >= 4 is 23.0 Å². The number of nitrogen functional groups attached to an aromatic ring is 1. The third-order valence-electron chi connectivity index (χ3n) is 3.48. The minimum Gasteiger partial charge on any atom is -0.482 e. The molecule has 1 heterocycles. The predicted molar refractivity (Wildman–Crippen MR) is 79.0 cm³/mol. The van der Waals surface area contributed by atoms with Gasteiger partial charge in [0.1, 0.15) is 5.75 Å². The summed E-state index contributed by atoms with van der Waals surface area (Å²) in [6, 6.07) is 3.50. The van der Waals surface area contributed by atoms with Gasteiger partial charge in [-0.1, -0.05) is 13.3 Å². The molecule has 6 heteroatoms. The summed E-state index contributed by atoms with van der Waals surface area (Å²) >= 11 is 0. The van der Waals surface area contributed by atoms with Gasteiger partial charge in [0.25, 0.3) is 5.91 Å². The lowest BCUT2D eigenvalue weighted by Gasteiger charge is -2.21. The number of aliphatic hydroxyl groups excluding tert-OH is 1. The van der Waals surface area contributed by atoms with Crippen LogP contribution in [0, 0.1) is 5.92 Å². The number of aliphatic hydroxyl groups is 1. The number of carbonyl (C=O) groups is 1. The Balaban J connectivity index is 2.08. The topological polar surface area (TPSA) is 96.6 Å². The number of hydrogen-bond donors (Lipinski definition) is 4. The molecule has 0 aliphatic carbocycles. The zero-order valence-electron chi connectivity index (χ0n) is 11.6. The summed E-state index contributed by atoms with van der Waals surface area (Å²) in [7, 11) is 0. The molecule has 0 fully saturated rings. The molecule has 5 N–H and O–H groups in total. The largest absolute Gasteiger partial charge is 0.482 e. The van der Waals surface area contributed by atoms with Crippen LogP contribution in [-0.4, -0.2) is 30.8 Å². The molecule has 110 valence electrons. The number of fused-ring (bicyclic) bond motifs is 1. The van der Waals surface area contributed by atoms with E-state index in [4.69, 9.17) is 15.6 Å². The zero-order valence-corrected chi connectivity index (χ0v) is 11.6. The summed E-state index contributed by atoms with van der Waals surface area (Å²) in [5.74, 6) is 0.816. The highest BCUT2D eigenvalue weighted by Crippen LogP contribution is 2.35. The van der Waals surface area contributed by atoms with Crippen LogP contribution < -0.4 is 21.1 Å². The molecule has 0 spiro atoms. The highest BCUT2D eigenvalue weighted by atomic mass is 16.5. The van der Waals surface area contributed by atoms with Gasteiger partial charge in [-0.3, -0.25) is 4.79 Å².